The van der Waals surface area contributed by atoms with E-state index >= 15 is 0 Å². The Balaban J connectivity index is 1.79. The molecule has 2 rings (SSSR count). The van der Waals surface area contributed by atoms with Gasteiger partial charge in [0.15, 0.2) is 5.60 Å². The normalized spacial score (nSPS) is 24.9. The molecule has 0 saturated heterocycles. The summed E-state index contributed by atoms with van der Waals surface area (Å²) in [6.07, 6.45) is 8.81. The summed E-state index contributed by atoms with van der Waals surface area (Å²) in [5.74, 6) is 0.830. The monoisotopic (exact) mass is 332 g/mol. The molecule has 0 amide bonds. The Labute approximate surface area is 144 Å². The van der Waals surface area contributed by atoms with Crippen molar-refractivity contribution in [2.24, 2.45) is 5.92 Å². The Hall–Kier alpha value is -1.84. The first-order chi connectivity index (χ1) is 11.2. The molecule has 2 aliphatic rings. The lowest BCUT2D eigenvalue weighted by atomic mass is 9.98. The van der Waals surface area contributed by atoms with Gasteiger partial charge in [-0.25, -0.2) is 4.79 Å². The molecule has 0 unspecified atom stereocenters. The summed E-state index contributed by atoms with van der Waals surface area (Å²) in [6, 6.07) is 0. The molecule has 2 heterocycles. The van der Waals surface area contributed by atoms with Gasteiger partial charge < -0.3 is 9.47 Å². The van der Waals surface area contributed by atoms with Crippen LogP contribution >= 0.6 is 0 Å². The molecule has 0 saturated carbocycles. The average molecular weight is 332 g/mol. The first kappa shape index (κ1) is 18.5. The van der Waals surface area contributed by atoms with Gasteiger partial charge in [-0.2, -0.15) is 0 Å². The fourth-order valence-corrected chi connectivity index (χ4v) is 3.05. The first-order valence-electron chi connectivity index (χ1n) is 8.67. The lowest BCUT2D eigenvalue weighted by Gasteiger charge is -2.21. The van der Waals surface area contributed by atoms with Crippen molar-refractivity contribution in [1.82, 2.24) is 0 Å². The number of ketones is 1. The van der Waals surface area contributed by atoms with Crippen molar-refractivity contribution in [1.29, 1.82) is 0 Å². The highest BCUT2D eigenvalue weighted by Gasteiger charge is 2.36. The van der Waals surface area contributed by atoms with E-state index in [1.165, 1.54) is 5.57 Å². The maximum absolute atomic E-state index is 11.8. The van der Waals surface area contributed by atoms with Crippen LogP contribution in [0.5, 0.6) is 0 Å². The van der Waals surface area contributed by atoms with Crippen molar-refractivity contribution in [3.05, 3.63) is 35.1 Å². The smallest absolute Gasteiger partial charge is 0.331 e. The number of rotatable bonds is 6. The van der Waals surface area contributed by atoms with Crippen molar-refractivity contribution < 1.29 is 19.1 Å². The maximum Gasteiger partial charge on any atom is 0.331 e. The van der Waals surface area contributed by atoms with Crippen LogP contribution in [0.25, 0.3) is 0 Å². The average Bonchev–Trinajstić information content (AvgIpc) is 2.71. The van der Waals surface area contributed by atoms with Gasteiger partial charge in [0.05, 0.1) is 0 Å². The van der Waals surface area contributed by atoms with Crippen molar-refractivity contribution in [2.45, 2.75) is 72.0 Å². The molecule has 0 aromatic rings. The second-order valence-electron chi connectivity index (χ2n) is 7.50. The summed E-state index contributed by atoms with van der Waals surface area (Å²) in [6.45, 7) is 9.73. The van der Waals surface area contributed by atoms with E-state index < -0.39 is 5.60 Å². The molecule has 4 nitrogen and oxygen atoms in total. The number of hydrogen-bond acceptors (Lipinski definition) is 4. The zero-order valence-corrected chi connectivity index (χ0v) is 15.3. The molecule has 0 aliphatic carbocycles. The number of cyclic esters (lactones) is 1. The van der Waals surface area contributed by atoms with Crippen LogP contribution in [0.2, 0.25) is 0 Å². The lowest BCUT2D eigenvalue weighted by molar-refractivity contribution is -0.142. The van der Waals surface area contributed by atoms with E-state index in [1.54, 1.807) is 26.0 Å². The standard InChI is InChI=1S/C20H28O4/c1-13(9-16-10-14(2)11-19(22)23-16)7-6-8-15(3)17-12-18(21)20(4,5)24-17/h9,11-12,15-16H,6-8,10H2,1-5H3/b13-9+/t15-,16-/m0/s1. The minimum absolute atomic E-state index is 0.0444. The van der Waals surface area contributed by atoms with Crippen LogP contribution in [0, 0.1) is 5.92 Å². The highest BCUT2D eigenvalue weighted by Crippen LogP contribution is 2.31. The van der Waals surface area contributed by atoms with Gasteiger partial charge >= 0.3 is 5.97 Å². The number of hydrogen-bond donors (Lipinski definition) is 0. The zero-order valence-electron chi connectivity index (χ0n) is 15.3. The Bertz CT molecular complexity index is 607. The molecule has 4 heteroatoms. The molecule has 0 aromatic heterocycles. The molecule has 24 heavy (non-hydrogen) atoms. The third-order valence-corrected chi connectivity index (χ3v) is 4.56. The molecule has 0 radical (unpaired) electrons. The third kappa shape index (κ3) is 4.83. The molecule has 0 aromatic carbocycles. The van der Waals surface area contributed by atoms with Crippen LogP contribution < -0.4 is 0 Å². The Morgan fingerprint density at radius 1 is 1.38 bits per heavy atom. The molecular formula is C20H28O4. The van der Waals surface area contributed by atoms with Crippen LogP contribution in [-0.4, -0.2) is 23.5 Å². The van der Waals surface area contributed by atoms with Crippen LogP contribution in [0.1, 0.15) is 60.3 Å². The zero-order chi connectivity index (χ0) is 17.9. The van der Waals surface area contributed by atoms with E-state index in [0.29, 0.717) is 0 Å². The number of allylic oxidation sites excluding steroid dienone is 2. The molecule has 0 spiro atoms. The first-order valence-corrected chi connectivity index (χ1v) is 8.67. The topological polar surface area (TPSA) is 52.6 Å². The number of carbonyl (C=O) groups excluding carboxylic acids is 2. The molecule has 2 aliphatic heterocycles. The van der Waals surface area contributed by atoms with Crippen LogP contribution in [0.3, 0.4) is 0 Å². The number of carbonyl (C=O) groups is 2. The predicted molar refractivity (Wildman–Crippen MR) is 93.3 cm³/mol. The summed E-state index contributed by atoms with van der Waals surface area (Å²) in [5, 5.41) is 0. The fraction of sp³-hybridized carbons (Fsp3) is 0.600. The van der Waals surface area contributed by atoms with E-state index in [1.807, 2.05) is 6.92 Å². The quantitative estimate of drug-likeness (QED) is 0.538. The van der Waals surface area contributed by atoms with Gasteiger partial charge in [-0.3, -0.25) is 4.79 Å². The SMILES string of the molecule is CC1=CC(=O)O[C@@H](/C=C(\C)CCC[C@H](C)C2=CC(=O)C(C)(C)O2)C1. The van der Waals surface area contributed by atoms with Gasteiger partial charge in [0, 0.05) is 24.5 Å². The molecule has 0 fully saturated rings. The fourth-order valence-electron chi connectivity index (χ4n) is 3.05. The van der Waals surface area contributed by atoms with E-state index in [-0.39, 0.29) is 23.8 Å². The Kier molecular flexibility index (Phi) is 5.68. The van der Waals surface area contributed by atoms with Gasteiger partial charge in [-0.1, -0.05) is 18.1 Å². The second-order valence-corrected chi connectivity index (χ2v) is 7.50. The summed E-state index contributed by atoms with van der Waals surface area (Å²) >= 11 is 0. The minimum Gasteiger partial charge on any atom is -0.484 e. The largest absolute Gasteiger partial charge is 0.484 e. The van der Waals surface area contributed by atoms with E-state index in [0.717, 1.165) is 37.0 Å². The molecule has 0 bridgehead atoms. The molecule has 132 valence electrons. The maximum atomic E-state index is 11.8. The second kappa shape index (κ2) is 7.37. The van der Waals surface area contributed by atoms with Crippen LogP contribution in [-0.2, 0) is 19.1 Å². The highest BCUT2D eigenvalue weighted by molar-refractivity contribution is 5.98. The van der Waals surface area contributed by atoms with Gasteiger partial charge in [0.1, 0.15) is 11.9 Å². The van der Waals surface area contributed by atoms with E-state index in [2.05, 4.69) is 19.9 Å². The van der Waals surface area contributed by atoms with Gasteiger partial charge in [-0.05, 0) is 53.0 Å². The number of esters is 1. The summed E-state index contributed by atoms with van der Waals surface area (Å²) in [5.41, 5.74) is 1.58. The highest BCUT2D eigenvalue weighted by atomic mass is 16.5. The number of ether oxygens (including phenoxy) is 2. The Morgan fingerprint density at radius 3 is 2.67 bits per heavy atom. The van der Waals surface area contributed by atoms with Crippen molar-refractivity contribution in [2.75, 3.05) is 0 Å². The summed E-state index contributed by atoms with van der Waals surface area (Å²) in [7, 11) is 0. The summed E-state index contributed by atoms with van der Waals surface area (Å²) in [4.78, 5) is 23.2. The van der Waals surface area contributed by atoms with Crippen molar-refractivity contribution in [3.63, 3.8) is 0 Å². The third-order valence-electron chi connectivity index (χ3n) is 4.56. The van der Waals surface area contributed by atoms with E-state index in [4.69, 9.17) is 9.47 Å². The van der Waals surface area contributed by atoms with E-state index in [9.17, 15) is 9.59 Å². The molecule has 2 atom stereocenters. The Morgan fingerprint density at radius 2 is 2.08 bits per heavy atom. The molecule has 0 N–H and O–H groups in total. The lowest BCUT2D eigenvalue weighted by Crippen LogP contribution is -2.28. The predicted octanol–water partition coefficient (Wildman–Crippen LogP) is 4.26. The summed E-state index contributed by atoms with van der Waals surface area (Å²) < 4.78 is 11.1. The van der Waals surface area contributed by atoms with Gasteiger partial charge in [0.2, 0.25) is 5.78 Å². The van der Waals surface area contributed by atoms with Crippen LogP contribution in [0.4, 0.5) is 0 Å². The molecular weight excluding hydrogens is 304 g/mol. The van der Waals surface area contributed by atoms with Crippen molar-refractivity contribution >= 4 is 11.8 Å². The van der Waals surface area contributed by atoms with Crippen LogP contribution in [0.15, 0.2) is 35.1 Å². The van der Waals surface area contributed by atoms with Gasteiger partial charge in [-0.15, -0.1) is 0 Å². The van der Waals surface area contributed by atoms with Crippen molar-refractivity contribution in [3.8, 4) is 0 Å². The minimum atomic E-state index is -0.713. The van der Waals surface area contributed by atoms with Gasteiger partial charge in [0.25, 0.3) is 0 Å².